The highest BCUT2D eigenvalue weighted by Gasteiger charge is 2.15. The van der Waals surface area contributed by atoms with Crippen LogP contribution in [0.1, 0.15) is 23.6 Å². The first kappa shape index (κ1) is 17.3. The van der Waals surface area contributed by atoms with Crippen LogP contribution in [0.4, 0.5) is 0 Å². The van der Waals surface area contributed by atoms with E-state index in [1.807, 2.05) is 0 Å². The highest BCUT2D eigenvalue weighted by atomic mass is 15.3. The van der Waals surface area contributed by atoms with E-state index in [1.165, 1.54) is 22.3 Å². The molecule has 0 aliphatic heterocycles. The lowest BCUT2D eigenvalue weighted by Crippen LogP contribution is -2.03. The molecule has 0 saturated heterocycles. The molecular weight excluding hydrogens is 328 g/mol. The molecule has 0 fully saturated rings. The standard InChI is InChI=1S/C25H24N2/c1-4-20-7-5-6-8-24(20)27-25(22-15-11-19(3)12-16-22)17-23(26-27)21-13-9-18(2)10-14-21/h5-17H,4H2,1-3H3. The molecule has 0 radical (unpaired) electrons. The molecule has 1 heterocycles. The van der Waals surface area contributed by atoms with Gasteiger partial charge >= 0.3 is 0 Å². The molecule has 2 heteroatoms. The van der Waals surface area contributed by atoms with Crippen LogP contribution in [0.5, 0.6) is 0 Å². The molecular formula is C25H24N2. The zero-order valence-electron chi connectivity index (χ0n) is 16.1. The number of rotatable bonds is 4. The molecule has 3 aromatic carbocycles. The van der Waals surface area contributed by atoms with Crippen molar-refractivity contribution in [2.24, 2.45) is 0 Å². The van der Waals surface area contributed by atoms with Crippen LogP contribution in [0.25, 0.3) is 28.2 Å². The quantitative estimate of drug-likeness (QED) is 0.416. The van der Waals surface area contributed by atoms with Crippen molar-refractivity contribution < 1.29 is 0 Å². The van der Waals surface area contributed by atoms with Gasteiger partial charge in [0.2, 0.25) is 0 Å². The Kier molecular flexibility index (Phi) is 4.64. The maximum Gasteiger partial charge on any atom is 0.0934 e. The molecule has 0 saturated carbocycles. The summed E-state index contributed by atoms with van der Waals surface area (Å²) in [7, 11) is 0. The summed E-state index contributed by atoms with van der Waals surface area (Å²) in [5.74, 6) is 0. The number of benzene rings is 3. The van der Waals surface area contributed by atoms with E-state index in [9.17, 15) is 0 Å². The van der Waals surface area contributed by atoms with Gasteiger partial charge in [-0.25, -0.2) is 4.68 Å². The van der Waals surface area contributed by atoms with E-state index in [4.69, 9.17) is 5.10 Å². The van der Waals surface area contributed by atoms with E-state index >= 15 is 0 Å². The van der Waals surface area contributed by atoms with Gasteiger partial charge in [-0.1, -0.05) is 84.8 Å². The van der Waals surface area contributed by atoms with Crippen molar-refractivity contribution in [3.05, 3.63) is 95.6 Å². The zero-order chi connectivity index (χ0) is 18.8. The second-order valence-electron chi connectivity index (χ2n) is 7.04. The largest absolute Gasteiger partial charge is 0.232 e. The first-order valence-electron chi connectivity index (χ1n) is 9.48. The van der Waals surface area contributed by atoms with Crippen LogP contribution in [0, 0.1) is 13.8 Å². The van der Waals surface area contributed by atoms with Gasteiger partial charge in [-0.15, -0.1) is 0 Å². The predicted octanol–water partition coefficient (Wildman–Crippen LogP) is 6.39. The highest BCUT2D eigenvalue weighted by Crippen LogP contribution is 2.30. The second kappa shape index (κ2) is 7.24. The summed E-state index contributed by atoms with van der Waals surface area (Å²) in [6.45, 7) is 6.41. The molecule has 4 rings (SSSR count). The smallest absolute Gasteiger partial charge is 0.0934 e. The number of hydrogen-bond acceptors (Lipinski definition) is 1. The minimum Gasteiger partial charge on any atom is -0.232 e. The molecule has 0 amide bonds. The monoisotopic (exact) mass is 352 g/mol. The Labute approximate surface area is 161 Å². The lowest BCUT2D eigenvalue weighted by molar-refractivity contribution is 0.873. The lowest BCUT2D eigenvalue weighted by atomic mass is 10.1. The Morgan fingerprint density at radius 1 is 0.741 bits per heavy atom. The Balaban J connectivity index is 1.92. The molecule has 0 N–H and O–H groups in total. The molecule has 0 unspecified atom stereocenters. The van der Waals surface area contributed by atoms with Gasteiger partial charge in [0.25, 0.3) is 0 Å². The molecule has 0 aliphatic carbocycles. The van der Waals surface area contributed by atoms with Crippen molar-refractivity contribution in [1.29, 1.82) is 0 Å². The predicted molar refractivity (Wildman–Crippen MR) is 113 cm³/mol. The molecule has 2 nitrogen and oxygen atoms in total. The third kappa shape index (κ3) is 3.43. The van der Waals surface area contributed by atoms with Gasteiger partial charge in [-0.3, -0.25) is 0 Å². The maximum atomic E-state index is 5.00. The molecule has 134 valence electrons. The summed E-state index contributed by atoms with van der Waals surface area (Å²) in [5.41, 5.74) is 9.39. The summed E-state index contributed by atoms with van der Waals surface area (Å²) in [4.78, 5) is 0. The zero-order valence-corrected chi connectivity index (χ0v) is 16.1. The van der Waals surface area contributed by atoms with E-state index in [-0.39, 0.29) is 0 Å². The van der Waals surface area contributed by atoms with Crippen LogP contribution in [0.2, 0.25) is 0 Å². The SMILES string of the molecule is CCc1ccccc1-n1nc(-c2ccc(C)cc2)cc1-c1ccc(C)cc1. The van der Waals surface area contributed by atoms with Crippen LogP contribution >= 0.6 is 0 Å². The van der Waals surface area contributed by atoms with E-state index < -0.39 is 0 Å². The molecule has 4 aromatic rings. The molecule has 0 spiro atoms. The Morgan fingerprint density at radius 2 is 1.33 bits per heavy atom. The summed E-state index contributed by atoms with van der Waals surface area (Å²) in [5, 5.41) is 5.00. The summed E-state index contributed by atoms with van der Waals surface area (Å²) in [6, 6.07) is 27.9. The molecule has 0 atom stereocenters. The summed E-state index contributed by atoms with van der Waals surface area (Å²) < 4.78 is 2.10. The average Bonchev–Trinajstić information content (AvgIpc) is 3.14. The third-order valence-electron chi connectivity index (χ3n) is 5.00. The fourth-order valence-corrected chi connectivity index (χ4v) is 3.38. The van der Waals surface area contributed by atoms with Crippen LogP contribution in [0.15, 0.2) is 78.9 Å². The van der Waals surface area contributed by atoms with Crippen molar-refractivity contribution in [2.45, 2.75) is 27.2 Å². The third-order valence-corrected chi connectivity index (χ3v) is 5.00. The minimum absolute atomic E-state index is 0.975. The number of aromatic nitrogens is 2. The van der Waals surface area contributed by atoms with E-state index in [0.717, 1.165) is 29.1 Å². The van der Waals surface area contributed by atoms with Gasteiger partial charge in [-0.05, 0) is 38.0 Å². The van der Waals surface area contributed by atoms with Gasteiger partial charge in [0.1, 0.15) is 0 Å². The summed E-state index contributed by atoms with van der Waals surface area (Å²) in [6.07, 6.45) is 0.975. The van der Waals surface area contributed by atoms with Gasteiger partial charge < -0.3 is 0 Å². The normalized spacial score (nSPS) is 10.9. The van der Waals surface area contributed by atoms with Gasteiger partial charge in [0, 0.05) is 11.1 Å². The number of para-hydroxylation sites is 1. The topological polar surface area (TPSA) is 17.8 Å². The minimum atomic E-state index is 0.975. The van der Waals surface area contributed by atoms with Crippen LogP contribution < -0.4 is 0 Å². The first-order chi connectivity index (χ1) is 13.2. The number of nitrogens with zero attached hydrogens (tertiary/aromatic N) is 2. The van der Waals surface area contributed by atoms with Gasteiger partial charge in [0.05, 0.1) is 17.1 Å². The first-order valence-corrected chi connectivity index (χ1v) is 9.48. The molecule has 1 aromatic heterocycles. The van der Waals surface area contributed by atoms with Gasteiger partial charge in [-0.2, -0.15) is 5.10 Å². The molecule has 0 bridgehead atoms. The van der Waals surface area contributed by atoms with Crippen molar-refractivity contribution >= 4 is 0 Å². The molecule has 0 aliphatic rings. The van der Waals surface area contributed by atoms with Crippen molar-refractivity contribution in [3.63, 3.8) is 0 Å². The van der Waals surface area contributed by atoms with Crippen LogP contribution in [-0.4, -0.2) is 9.78 Å². The van der Waals surface area contributed by atoms with Crippen molar-refractivity contribution in [1.82, 2.24) is 9.78 Å². The Morgan fingerprint density at radius 3 is 1.96 bits per heavy atom. The number of hydrogen-bond donors (Lipinski definition) is 0. The second-order valence-corrected chi connectivity index (χ2v) is 7.04. The fourth-order valence-electron chi connectivity index (χ4n) is 3.38. The van der Waals surface area contributed by atoms with Crippen molar-refractivity contribution in [2.75, 3.05) is 0 Å². The number of aryl methyl sites for hydroxylation is 3. The summed E-state index contributed by atoms with van der Waals surface area (Å²) >= 11 is 0. The van der Waals surface area contributed by atoms with Crippen LogP contribution in [-0.2, 0) is 6.42 Å². The Hall–Kier alpha value is -3.13. The average molecular weight is 352 g/mol. The van der Waals surface area contributed by atoms with E-state index in [1.54, 1.807) is 0 Å². The maximum absolute atomic E-state index is 5.00. The van der Waals surface area contributed by atoms with E-state index in [0.29, 0.717) is 0 Å². The van der Waals surface area contributed by atoms with E-state index in [2.05, 4.69) is 104 Å². The Bertz CT molecular complexity index is 1050. The van der Waals surface area contributed by atoms with Crippen molar-refractivity contribution in [3.8, 4) is 28.2 Å². The lowest BCUT2D eigenvalue weighted by Gasteiger charge is -2.12. The fraction of sp³-hybridized carbons (Fsp3) is 0.160. The van der Waals surface area contributed by atoms with Crippen LogP contribution in [0.3, 0.4) is 0 Å². The van der Waals surface area contributed by atoms with Gasteiger partial charge in [0.15, 0.2) is 0 Å². The molecule has 27 heavy (non-hydrogen) atoms. The highest BCUT2D eigenvalue weighted by molar-refractivity contribution is 5.71.